The van der Waals surface area contributed by atoms with Gasteiger partial charge in [0.15, 0.2) is 0 Å². The van der Waals surface area contributed by atoms with Crippen LogP contribution in [0.5, 0.6) is 0 Å². The van der Waals surface area contributed by atoms with E-state index < -0.39 is 11.5 Å². The predicted octanol–water partition coefficient (Wildman–Crippen LogP) is 3.20. The highest BCUT2D eigenvalue weighted by molar-refractivity contribution is 9.10. The highest BCUT2D eigenvalue weighted by atomic mass is 79.9. The van der Waals surface area contributed by atoms with E-state index in [4.69, 9.17) is 4.42 Å². The summed E-state index contributed by atoms with van der Waals surface area (Å²) in [5, 5.41) is 3.22. The Balaban J connectivity index is 2.01. The van der Waals surface area contributed by atoms with Gasteiger partial charge in [-0.2, -0.15) is 0 Å². The maximum absolute atomic E-state index is 12.1. The zero-order valence-corrected chi connectivity index (χ0v) is 12.3. The van der Waals surface area contributed by atoms with Crippen LogP contribution < -0.4 is 10.9 Å². The number of hydrogen-bond donors (Lipinski definition) is 1. The first kappa shape index (κ1) is 13.5. The van der Waals surface area contributed by atoms with Gasteiger partial charge in [0, 0.05) is 16.1 Å². The van der Waals surface area contributed by atoms with Gasteiger partial charge >= 0.3 is 5.63 Å². The van der Waals surface area contributed by atoms with Crippen molar-refractivity contribution in [1.82, 2.24) is 4.98 Å². The molecular weight excluding hydrogens is 336 g/mol. The number of aromatic nitrogens is 1. The molecule has 0 saturated heterocycles. The topological polar surface area (TPSA) is 72.2 Å². The Kier molecular flexibility index (Phi) is 3.53. The molecule has 1 amide bonds. The normalized spacial score (nSPS) is 10.5. The number of fused-ring (bicyclic) bond motifs is 1. The van der Waals surface area contributed by atoms with Crippen LogP contribution in [-0.2, 0) is 0 Å². The summed E-state index contributed by atoms with van der Waals surface area (Å²) in [6.07, 6.45) is 1.55. The van der Waals surface area contributed by atoms with Crippen molar-refractivity contribution in [2.45, 2.75) is 0 Å². The average molecular weight is 345 g/mol. The molecule has 0 aliphatic rings. The Morgan fingerprint density at radius 3 is 2.81 bits per heavy atom. The van der Waals surface area contributed by atoms with Gasteiger partial charge in [0.2, 0.25) is 0 Å². The standard InChI is InChI=1S/C15H9BrN2O3/c16-10-4-5-12-9(7-10)8-11(15(20)21-12)14(19)18-13-3-1-2-6-17-13/h1-8H,(H,17,18,19). The molecule has 0 aliphatic carbocycles. The van der Waals surface area contributed by atoms with E-state index in [1.165, 1.54) is 6.07 Å². The van der Waals surface area contributed by atoms with Crippen LogP contribution in [-0.4, -0.2) is 10.9 Å². The first-order valence-corrected chi connectivity index (χ1v) is 6.88. The van der Waals surface area contributed by atoms with Crippen LogP contribution in [0.25, 0.3) is 11.0 Å². The molecule has 2 aromatic heterocycles. The minimum absolute atomic E-state index is 0.0637. The van der Waals surface area contributed by atoms with Crippen molar-refractivity contribution in [1.29, 1.82) is 0 Å². The second-order valence-corrected chi connectivity index (χ2v) is 5.21. The lowest BCUT2D eigenvalue weighted by atomic mass is 10.2. The zero-order chi connectivity index (χ0) is 14.8. The Labute approximate surface area is 127 Å². The van der Waals surface area contributed by atoms with Crippen molar-refractivity contribution in [3.8, 4) is 0 Å². The number of nitrogens with zero attached hydrogens (tertiary/aromatic N) is 1. The summed E-state index contributed by atoms with van der Waals surface area (Å²) in [6, 6.07) is 11.8. The summed E-state index contributed by atoms with van der Waals surface area (Å²) in [7, 11) is 0. The van der Waals surface area contributed by atoms with Gasteiger partial charge in [0.25, 0.3) is 5.91 Å². The number of rotatable bonds is 2. The molecule has 0 bridgehead atoms. The van der Waals surface area contributed by atoms with Gasteiger partial charge in [-0.25, -0.2) is 9.78 Å². The first-order valence-electron chi connectivity index (χ1n) is 6.09. The molecule has 21 heavy (non-hydrogen) atoms. The monoisotopic (exact) mass is 344 g/mol. The van der Waals surface area contributed by atoms with Crippen LogP contribution >= 0.6 is 15.9 Å². The molecule has 3 aromatic rings. The largest absolute Gasteiger partial charge is 0.422 e. The number of halogens is 1. The van der Waals surface area contributed by atoms with E-state index in [1.54, 1.807) is 42.6 Å². The molecular formula is C15H9BrN2O3. The van der Waals surface area contributed by atoms with Crippen molar-refractivity contribution < 1.29 is 9.21 Å². The number of carbonyl (C=O) groups excluding carboxylic acids is 1. The van der Waals surface area contributed by atoms with Crippen molar-refractivity contribution in [3.63, 3.8) is 0 Å². The van der Waals surface area contributed by atoms with E-state index in [2.05, 4.69) is 26.2 Å². The maximum Gasteiger partial charge on any atom is 0.349 e. The predicted molar refractivity (Wildman–Crippen MR) is 82.4 cm³/mol. The summed E-state index contributed by atoms with van der Waals surface area (Å²) in [4.78, 5) is 28.0. The van der Waals surface area contributed by atoms with Crippen molar-refractivity contribution in [2.75, 3.05) is 5.32 Å². The van der Waals surface area contributed by atoms with Crippen LogP contribution in [0.4, 0.5) is 5.82 Å². The van der Waals surface area contributed by atoms with Gasteiger partial charge < -0.3 is 9.73 Å². The number of pyridine rings is 1. The minimum Gasteiger partial charge on any atom is -0.422 e. The lowest BCUT2D eigenvalue weighted by molar-refractivity contribution is 0.102. The Hall–Kier alpha value is -2.47. The molecule has 5 nitrogen and oxygen atoms in total. The molecule has 6 heteroatoms. The maximum atomic E-state index is 12.1. The number of hydrogen-bond acceptors (Lipinski definition) is 4. The molecule has 0 saturated carbocycles. The molecule has 2 heterocycles. The van der Waals surface area contributed by atoms with Crippen LogP contribution in [0.15, 0.2) is 62.3 Å². The average Bonchev–Trinajstić information content (AvgIpc) is 2.48. The molecule has 1 N–H and O–H groups in total. The van der Waals surface area contributed by atoms with E-state index in [0.717, 1.165) is 4.47 Å². The molecule has 0 atom stereocenters. The van der Waals surface area contributed by atoms with Gasteiger partial charge in [-0.3, -0.25) is 4.79 Å². The Bertz CT molecular complexity index is 875. The minimum atomic E-state index is -0.682. The number of amides is 1. The van der Waals surface area contributed by atoms with Gasteiger partial charge in [0.05, 0.1) is 0 Å². The third-order valence-corrected chi connectivity index (χ3v) is 3.34. The van der Waals surface area contributed by atoms with Gasteiger partial charge in [-0.15, -0.1) is 0 Å². The highest BCUT2D eigenvalue weighted by Gasteiger charge is 2.14. The lowest BCUT2D eigenvalue weighted by Crippen LogP contribution is -2.21. The molecule has 1 aromatic carbocycles. The number of nitrogens with one attached hydrogen (secondary N) is 1. The molecule has 104 valence electrons. The number of carbonyl (C=O) groups is 1. The van der Waals surface area contributed by atoms with Crippen LogP contribution in [0.1, 0.15) is 10.4 Å². The fraction of sp³-hybridized carbons (Fsp3) is 0. The molecule has 0 radical (unpaired) electrons. The zero-order valence-electron chi connectivity index (χ0n) is 10.7. The fourth-order valence-corrected chi connectivity index (χ4v) is 2.25. The summed E-state index contributed by atoms with van der Waals surface area (Å²) < 4.78 is 5.98. The number of benzene rings is 1. The first-order chi connectivity index (χ1) is 10.1. The second kappa shape index (κ2) is 5.49. The summed E-state index contributed by atoms with van der Waals surface area (Å²) >= 11 is 3.34. The smallest absolute Gasteiger partial charge is 0.349 e. The fourth-order valence-electron chi connectivity index (χ4n) is 1.87. The summed E-state index contributed by atoms with van der Waals surface area (Å²) in [5.41, 5.74) is -0.318. The van der Waals surface area contributed by atoms with Gasteiger partial charge in [0.1, 0.15) is 17.0 Å². The molecule has 0 fully saturated rings. The second-order valence-electron chi connectivity index (χ2n) is 4.30. The van der Waals surface area contributed by atoms with E-state index >= 15 is 0 Å². The van der Waals surface area contributed by atoms with Gasteiger partial charge in [-0.05, 0) is 36.4 Å². The Morgan fingerprint density at radius 1 is 1.19 bits per heavy atom. The van der Waals surface area contributed by atoms with E-state index in [9.17, 15) is 9.59 Å². The highest BCUT2D eigenvalue weighted by Crippen LogP contribution is 2.19. The Morgan fingerprint density at radius 2 is 2.05 bits per heavy atom. The van der Waals surface area contributed by atoms with Crippen molar-refractivity contribution >= 4 is 38.6 Å². The van der Waals surface area contributed by atoms with Crippen LogP contribution in [0, 0.1) is 0 Å². The van der Waals surface area contributed by atoms with Gasteiger partial charge in [-0.1, -0.05) is 22.0 Å². The quantitative estimate of drug-likeness (QED) is 0.724. The molecule has 0 unspecified atom stereocenters. The third kappa shape index (κ3) is 2.85. The van der Waals surface area contributed by atoms with Crippen LogP contribution in [0.3, 0.4) is 0 Å². The van der Waals surface area contributed by atoms with Crippen molar-refractivity contribution in [3.05, 3.63) is 69.1 Å². The van der Waals surface area contributed by atoms with E-state index in [0.29, 0.717) is 16.8 Å². The number of anilines is 1. The molecule has 0 aliphatic heterocycles. The molecule has 0 spiro atoms. The van der Waals surface area contributed by atoms with Crippen molar-refractivity contribution in [2.24, 2.45) is 0 Å². The molecule has 3 rings (SSSR count). The summed E-state index contributed by atoms with van der Waals surface area (Å²) in [6.45, 7) is 0. The van der Waals surface area contributed by atoms with E-state index in [1.807, 2.05) is 0 Å². The SMILES string of the molecule is O=C(Nc1ccccn1)c1cc2cc(Br)ccc2oc1=O. The summed E-state index contributed by atoms with van der Waals surface area (Å²) in [5.74, 6) is -0.180. The third-order valence-electron chi connectivity index (χ3n) is 2.85. The lowest BCUT2D eigenvalue weighted by Gasteiger charge is -2.04. The van der Waals surface area contributed by atoms with Crippen LogP contribution in [0.2, 0.25) is 0 Å². The van der Waals surface area contributed by atoms with E-state index in [-0.39, 0.29) is 5.56 Å².